The molecule has 4 aliphatic carbocycles. The molecule has 15 heavy (non-hydrogen) atoms. The number of hydrogen-bond donors (Lipinski definition) is 0. The van der Waals surface area contributed by atoms with Crippen LogP contribution < -0.4 is 0 Å². The quantitative estimate of drug-likeness (QED) is 0.613. The van der Waals surface area contributed by atoms with Gasteiger partial charge in [-0.25, -0.2) is 4.39 Å². The van der Waals surface area contributed by atoms with Gasteiger partial charge in [-0.2, -0.15) is 0 Å². The first-order valence-corrected chi connectivity index (χ1v) is 6.17. The fourth-order valence-electron chi connectivity index (χ4n) is 4.75. The van der Waals surface area contributed by atoms with Crippen molar-refractivity contribution < 1.29 is 13.9 Å². The number of ether oxygens (including phenoxy) is 2. The molecule has 0 amide bonds. The highest BCUT2D eigenvalue weighted by Gasteiger charge is 2.65. The fourth-order valence-corrected chi connectivity index (χ4v) is 4.75. The van der Waals surface area contributed by atoms with Crippen LogP contribution in [0.25, 0.3) is 0 Å². The maximum absolute atomic E-state index is 14.4. The van der Waals surface area contributed by atoms with Gasteiger partial charge in [-0.3, -0.25) is 0 Å². The van der Waals surface area contributed by atoms with Crippen LogP contribution >= 0.6 is 0 Å². The largest absolute Gasteiger partial charge is 0.347 e. The van der Waals surface area contributed by atoms with Gasteiger partial charge in [0.15, 0.2) is 5.79 Å². The highest BCUT2D eigenvalue weighted by molar-refractivity contribution is 5.10. The van der Waals surface area contributed by atoms with Crippen LogP contribution in [0.5, 0.6) is 0 Å². The van der Waals surface area contributed by atoms with Crippen LogP contribution in [-0.4, -0.2) is 24.7 Å². The zero-order valence-electron chi connectivity index (χ0n) is 8.88. The molecular formula is C12H17FO2. The van der Waals surface area contributed by atoms with Crippen LogP contribution in [0.4, 0.5) is 4.39 Å². The van der Waals surface area contributed by atoms with Crippen molar-refractivity contribution in [2.75, 3.05) is 13.2 Å². The molecule has 84 valence electrons. The standard InChI is InChI=1S/C12H17FO2/c13-11-5-8-3-9(6-11)12(10(4-8)7-11)14-1-2-15-12/h8-10H,1-7H2. The molecule has 5 fully saturated rings. The maximum Gasteiger partial charge on any atom is 0.174 e. The molecule has 0 aromatic rings. The van der Waals surface area contributed by atoms with E-state index in [2.05, 4.69) is 0 Å². The van der Waals surface area contributed by atoms with Gasteiger partial charge in [0.1, 0.15) is 5.67 Å². The molecule has 2 nitrogen and oxygen atoms in total. The minimum Gasteiger partial charge on any atom is -0.347 e. The summed E-state index contributed by atoms with van der Waals surface area (Å²) in [5, 5.41) is 0. The van der Waals surface area contributed by atoms with Crippen LogP contribution in [0, 0.1) is 17.8 Å². The van der Waals surface area contributed by atoms with Crippen LogP contribution in [0.2, 0.25) is 0 Å². The third-order valence-corrected chi connectivity index (χ3v) is 4.99. The molecule has 0 N–H and O–H groups in total. The summed E-state index contributed by atoms with van der Waals surface area (Å²) >= 11 is 0. The third kappa shape index (κ3) is 1.01. The second kappa shape index (κ2) is 2.57. The average molecular weight is 212 g/mol. The zero-order chi connectivity index (χ0) is 10.1. The van der Waals surface area contributed by atoms with Crippen molar-refractivity contribution in [1.82, 2.24) is 0 Å². The van der Waals surface area contributed by atoms with Gasteiger partial charge < -0.3 is 9.47 Å². The zero-order valence-corrected chi connectivity index (χ0v) is 8.88. The molecule has 1 spiro atoms. The Morgan fingerprint density at radius 2 is 1.53 bits per heavy atom. The summed E-state index contributed by atoms with van der Waals surface area (Å²) in [4.78, 5) is 0. The van der Waals surface area contributed by atoms with Crippen LogP contribution in [0.3, 0.4) is 0 Å². The Morgan fingerprint density at radius 3 is 2.07 bits per heavy atom. The fraction of sp³-hybridized carbons (Fsp3) is 1.00. The average Bonchev–Trinajstić information content (AvgIpc) is 2.61. The molecule has 2 unspecified atom stereocenters. The SMILES string of the molecule is FC12CC3CC(C1)C1(OCCO1)C(C3)C2. The molecule has 2 atom stereocenters. The van der Waals surface area contributed by atoms with E-state index >= 15 is 0 Å². The molecule has 1 aliphatic heterocycles. The van der Waals surface area contributed by atoms with E-state index in [0.717, 1.165) is 19.3 Å². The van der Waals surface area contributed by atoms with Gasteiger partial charge in [0, 0.05) is 11.8 Å². The minimum atomic E-state index is -0.878. The second-order valence-electron chi connectivity index (χ2n) is 5.91. The molecule has 5 aliphatic rings. The summed E-state index contributed by atoms with van der Waals surface area (Å²) in [6.45, 7) is 1.41. The van der Waals surface area contributed by atoms with Gasteiger partial charge in [-0.05, 0) is 38.0 Å². The highest BCUT2D eigenvalue weighted by Crippen LogP contribution is 2.63. The Bertz CT molecular complexity index is 280. The Hall–Kier alpha value is -0.150. The monoisotopic (exact) mass is 212 g/mol. The summed E-state index contributed by atoms with van der Waals surface area (Å²) < 4.78 is 26.2. The Kier molecular flexibility index (Phi) is 1.53. The first-order chi connectivity index (χ1) is 7.20. The first kappa shape index (κ1) is 8.94. The van der Waals surface area contributed by atoms with E-state index in [1.165, 1.54) is 0 Å². The summed E-state index contributed by atoms with van der Waals surface area (Å²) in [6.07, 6.45) is 4.42. The number of halogens is 1. The van der Waals surface area contributed by atoms with Crippen LogP contribution in [-0.2, 0) is 9.47 Å². The molecule has 4 bridgehead atoms. The summed E-state index contributed by atoms with van der Waals surface area (Å²) in [5.74, 6) is 0.894. The van der Waals surface area contributed by atoms with Gasteiger partial charge in [0.2, 0.25) is 0 Å². The van der Waals surface area contributed by atoms with E-state index in [1.807, 2.05) is 0 Å². The van der Waals surface area contributed by atoms with E-state index < -0.39 is 5.67 Å². The minimum absolute atomic E-state index is 0.330. The van der Waals surface area contributed by atoms with Gasteiger partial charge in [0.05, 0.1) is 13.2 Å². The van der Waals surface area contributed by atoms with E-state index in [0.29, 0.717) is 43.8 Å². The lowest BCUT2D eigenvalue weighted by atomic mass is 9.52. The van der Waals surface area contributed by atoms with Crippen molar-refractivity contribution in [3.63, 3.8) is 0 Å². The lowest BCUT2D eigenvalue weighted by Crippen LogP contribution is -2.62. The lowest BCUT2D eigenvalue weighted by molar-refractivity contribution is -0.303. The van der Waals surface area contributed by atoms with Gasteiger partial charge in [-0.15, -0.1) is 0 Å². The van der Waals surface area contributed by atoms with Crippen molar-refractivity contribution in [1.29, 1.82) is 0 Å². The van der Waals surface area contributed by atoms with E-state index in [1.54, 1.807) is 0 Å². The highest BCUT2D eigenvalue weighted by atomic mass is 19.1. The predicted molar refractivity (Wildman–Crippen MR) is 52.0 cm³/mol. The number of hydrogen-bond acceptors (Lipinski definition) is 2. The molecule has 1 heterocycles. The Balaban J connectivity index is 1.75. The van der Waals surface area contributed by atoms with Crippen LogP contribution in [0.1, 0.15) is 32.1 Å². The van der Waals surface area contributed by atoms with Crippen molar-refractivity contribution in [3.05, 3.63) is 0 Å². The van der Waals surface area contributed by atoms with Gasteiger partial charge in [-0.1, -0.05) is 0 Å². The summed E-state index contributed by atoms with van der Waals surface area (Å²) in [5.41, 5.74) is -0.878. The lowest BCUT2D eigenvalue weighted by Gasteiger charge is -2.60. The van der Waals surface area contributed by atoms with E-state index in [4.69, 9.17) is 9.47 Å². The molecule has 0 radical (unpaired) electrons. The maximum atomic E-state index is 14.4. The topological polar surface area (TPSA) is 18.5 Å². The van der Waals surface area contributed by atoms with E-state index in [9.17, 15) is 4.39 Å². The van der Waals surface area contributed by atoms with Crippen molar-refractivity contribution in [2.24, 2.45) is 17.8 Å². The molecule has 3 heteroatoms. The molecule has 0 aromatic heterocycles. The number of rotatable bonds is 0. The Labute approximate surface area is 89.1 Å². The first-order valence-electron chi connectivity index (χ1n) is 6.17. The molecular weight excluding hydrogens is 195 g/mol. The molecule has 0 aromatic carbocycles. The predicted octanol–water partition coefficient (Wildman–Crippen LogP) is 2.28. The van der Waals surface area contributed by atoms with Crippen LogP contribution in [0.15, 0.2) is 0 Å². The normalized spacial score (nSPS) is 55.4. The Morgan fingerprint density at radius 1 is 0.933 bits per heavy atom. The second-order valence-corrected chi connectivity index (χ2v) is 5.91. The van der Waals surface area contributed by atoms with Crippen molar-refractivity contribution in [3.8, 4) is 0 Å². The summed E-state index contributed by atoms with van der Waals surface area (Å²) in [6, 6.07) is 0. The third-order valence-electron chi connectivity index (χ3n) is 4.99. The van der Waals surface area contributed by atoms with Gasteiger partial charge in [0.25, 0.3) is 0 Å². The molecule has 1 saturated heterocycles. The number of alkyl halides is 1. The smallest absolute Gasteiger partial charge is 0.174 e. The summed E-state index contributed by atoms with van der Waals surface area (Å²) in [7, 11) is 0. The van der Waals surface area contributed by atoms with Crippen molar-refractivity contribution >= 4 is 0 Å². The van der Waals surface area contributed by atoms with E-state index in [-0.39, 0.29) is 5.79 Å². The van der Waals surface area contributed by atoms with Gasteiger partial charge >= 0.3 is 0 Å². The molecule has 4 saturated carbocycles. The molecule has 5 rings (SSSR count). The van der Waals surface area contributed by atoms with Crippen molar-refractivity contribution in [2.45, 2.75) is 43.6 Å².